The van der Waals surface area contributed by atoms with Gasteiger partial charge in [-0.1, -0.05) is 49.4 Å². The Balaban J connectivity index is 1.85. The topological polar surface area (TPSA) is 95.9 Å². The monoisotopic (exact) mass is 428 g/mol. The van der Waals surface area contributed by atoms with E-state index < -0.39 is 17.9 Å². The van der Waals surface area contributed by atoms with Crippen LogP contribution in [0.15, 0.2) is 42.5 Å². The number of unbranched alkanes of at least 4 members (excludes halogenated alkanes) is 1. The maximum absolute atomic E-state index is 13.4. The van der Waals surface area contributed by atoms with Crippen molar-refractivity contribution in [3.63, 3.8) is 0 Å². The third-order valence-electron chi connectivity index (χ3n) is 6.22. The predicted octanol–water partition coefficient (Wildman–Crippen LogP) is 1.90. The van der Waals surface area contributed by atoms with Crippen molar-refractivity contribution < 1.29 is 24.2 Å². The Morgan fingerprint density at radius 1 is 1.16 bits per heavy atom. The number of aliphatic hydroxyl groups is 1. The summed E-state index contributed by atoms with van der Waals surface area (Å²) in [5.74, 6) is -2.54. The van der Waals surface area contributed by atoms with Crippen LogP contribution < -0.4 is 5.32 Å². The first-order valence-corrected chi connectivity index (χ1v) is 11.1. The van der Waals surface area contributed by atoms with Crippen LogP contribution in [0.5, 0.6) is 0 Å². The third-order valence-corrected chi connectivity index (χ3v) is 6.22. The minimum atomic E-state index is -0.680. The first-order valence-electron chi connectivity index (χ1n) is 11.1. The van der Waals surface area contributed by atoms with E-state index in [1.165, 1.54) is 0 Å². The maximum Gasteiger partial charge on any atom is 0.310 e. The van der Waals surface area contributed by atoms with Gasteiger partial charge in [0.1, 0.15) is 6.04 Å². The molecule has 1 aromatic rings. The Labute approximate surface area is 183 Å². The van der Waals surface area contributed by atoms with Crippen LogP contribution in [0.3, 0.4) is 0 Å². The van der Waals surface area contributed by atoms with Crippen molar-refractivity contribution >= 4 is 17.8 Å². The summed E-state index contributed by atoms with van der Waals surface area (Å²) in [7, 11) is 0. The summed E-state index contributed by atoms with van der Waals surface area (Å²) in [6.07, 6.45) is 4.98. The summed E-state index contributed by atoms with van der Waals surface area (Å²) in [6.45, 7) is 4.67. The van der Waals surface area contributed by atoms with Gasteiger partial charge in [0.2, 0.25) is 11.8 Å². The van der Waals surface area contributed by atoms with Crippen LogP contribution >= 0.6 is 0 Å². The molecule has 0 radical (unpaired) electrons. The van der Waals surface area contributed by atoms with E-state index in [2.05, 4.69) is 5.32 Å². The fourth-order valence-corrected chi connectivity index (χ4v) is 4.71. The van der Waals surface area contributed by atoms with Crippen LogP contribution in [-0.4, -0.2) is 53.6 Å². The summed E-state index contributed by atoms with van der Waals surface area (Å²) in [4.78, 5) is 41.0. The molecule has 7 nitrogen and oxygen atoms in total. The van der Waals surface area contributed by atoms with Crippen molar-refractivity contribution in [3.8, 4) is 0 Å². The number of fused-ring (bicyclic) bond motifs is 1. The van der Waals surface area contributed by atoms with E-state index in [4.69, 9.17) is 9.84 Å². The normalized spacial score (nSPS) is 27.1. The van der Waals surface area contributed by atoms with Gasteiger partial charge in [-0.05, 0) is 31.2 Å². The van der Waals surface area contributed by atoms with E-state index in [0.717, 1.165) is 5.56 Å². The number of benzene rings is 1. The molecule has 0 bridgehead atoms. The highest BCUT2D eigenvalue weighted by molar-refractivity contribution is 5.96. The highest BCUT2D eigenvalue weighted by atomic mass is 16.5. The third kappa shape index (κ3) is 4.98. The van der Waals surface area contributed by atoms with Gasteiger partial charge in [0, 0.05) is 25.6 Å². The number of carbonyl (C=O) groups excluding carboxylic acids is 3. The highest BCUT2D eigenvalue weighted by Gasteiger charge is 2.56. The zero-order valence-electron chi connectivity index (χ0n) is 18.2. The summed E-state index contributed by atoms with van der Waals surface area (Å²) >= 11 is 0. The minimum absolute atomic E-state index is 0.0299. The molecule has 0 saturated carbocycles. The first-order chi connectivity index (χ1) is 15.0. The lowest BCUT2D eigenvalue weighted by Gasteiger charge is -2.32. The average Bonchev–Trinajstić information content (AvgIpc) is 3.05. The van der Waals surface area contributed by atoms with Crippen LogP contribution in [0, 0.1) is 23.7 Å². The number of aliphatic hydroxyl groups excluding tert-OH is 1. The summed E-state index contributed by atoms with van der Waals surface area (Å²) < 4.78 is 5.27. The van der Waals surface area contributed by atoms with E-state index >= 15 is 0 Å². The number of rotatable bonds is 9. The van der Waals surface area contributed by atoms with Crippen LogP contribution in [0.1, 0.15) is 32.3 Å². The number of ether oxygens (including phenoxy) is 1. The lowest BCUT2D eigenvalue weighted by atomic mass is 9.70. The molecular weight excluding hydrogens is 396 g/mol. The quantitative estimate of drug-likeness (QED) is 0.356. The lowest BCUT2D eigenvalue weighted by Crippen LogP contribution is -2.47. The number of allylic oxidation sites excluding steroid dienone is 1. The first kappa shape index (κ1) is 23.0. The largest absolute Gasteiger partial charge is 0.466 e. The molecule has 3 rings (SSSR count). The number of carbonyl (C=O) groups is 3. The molecule has 31 heavy (non-hydrogen) atoms. The lowest BCUT2D eigenvalue weighted by molar-refractivity contribution is -0.155. The molecule has 2 N–H and O–H groups in total. The van der Waals surface area contributed by atoms with Gasteiger partial charge in [-0.2, -0.15) is 0 Å². The van der Waals surface area contributed by atoms with Crippen molar-refractivity contribution in [2.24, 2.45) is 23.7 Å². The Bertz CT molecular complexity index is 809. The highest BCUT2D eigenvalue weighted by Crippen LogP contribution is 2.44. The fourth-order valence-electron chi connectivity index (χ4n) is 4.71. The molecule has 1 fully saturated rings. The smallest absolute Gasteiger partial charge is 0.310 e. The summed E-state index contributed by atoms with van der Waals surface area (Å²) in [6, 6.07) is 8.92. The zero-order chi connectivity index (χ0) is 22.4. The molecule has 0 spiro atoms. The van der Waals surface area contributed by atoms with E-state index in [1.807, 2.05) is 49.4 Å². The zero-order valence-corrected chi connectivity index (χ0v) is 18.2. The predicted molar refractivity (Wildman–Crippen MR) is 116 cm³/mol. The molecule has 1 saturated heterocycles. The molecule has 0 unspecified atom stereocenters. The van der Waals surface area contributed by atoms with E-state index in [0.29, 0.717) is 25.9 Å². The molecule has 1 heterocycles. The van der Waals surface area contributed by atoms with Crippen molar-refractivity contribution in [1.82, 2.24) is 10.2 Å². The summed E-state index contributed by atoms with van der Waals surface area (Å²) in [5.41, 5.74) is 0.973. The molecule has 168 valence electrons. The van der Waals surface area contributed by atoms with Gasteiger partial charge in [-0.25, -0.2) is 0 Å². The molecule has 7 heteroatoms. The van der Waals surface area contributed by atoms with Crippen LogP contribution in [-0.2, 0) is 25.7 Å². The SMILES string of the molecule is CCOC(=O)[C@H]1[C@H]2C(=O)N(CCCCO)[C@H](C(=O)NCc3ccccc3)[C@H]2C=C[C@H]1C. The van der Waals surface area contributed by atoms with Gasteiger partial charge in [0.05, 0.1) is 18.4 Å². The number of amides is 2. The average molecular weight is 429 g/mol. The van der Waals surface area contributed by atoms with Crippen molar-refractivity contribution in [3.05, 3.63) is 48.0 Å². The van der Waals surface area contributed by atoms with Gasteiger partial charge in [-0.15, -0.1) is 0 Å². The molecule has 1 aromatic carbocycles. The number of esters is 1. The van der Waals surface area contributed by atoms with Gasteiger partial charge >= 0.3 is 5.97 Å². The van der Waals surface area contributed by atoms with Gasteiger partial charge in [-0.3, -0.25) is 14.4 Å². The minimum Gasteiger partial charge on any atom is -0.466 e. The number of likely N-dealkylation sites (tertiary alicyclic amines) is 1. The molecule has 1 aliphatic carbocycles. The van der Waals surface area contributed by atoms with Gasteiger partial charge < -0.3 is 20.1 Å². The van der Waals surface area contributed by atoms with Crippen molar-refractivity contribution in [1.29, 1.82) is 0 Å². The second kappa shape index (κ2) is 10.6. The standard InChI is InChI=1S/C24H32N2O5/c1-3-31-24(30)19-16(2)11-12-18-20(19)23(29)26(13-7-8-14-27)21(18)22(28)25-15-17-9-5-4-6-10-17/h4-6,9-12,16,18-21,27H,3,7-8,13-15H2,1-2H3,(H,25,28)/t16-,18+,19-,20+,21+/m1/s1. The van der Waals surface area contributed by atoms with E-state index in [1.54, 1.807) is 11.8 Å². The van der Waals surface area contributed by atoms with Gasteiger partial charge in [0.15, 0.2) is 0 Å². The summed E-state index contributed by atoms with van der Waals surface area (Å²) in [5, 5.41) is 12.1. The Hall–Kier alpha value is -2.67. The number of hydrogen-bond acceptors (Lipinski definition) is 5. The van der Waals surface area contributed by atoms with Crippen molar-refractivity contribution in [2.75, 3.05) is 19.8 Å². The van der Waals surface area contributed by atoms with Crippen LogP contribution in [0.25, 0.3) is 0 Å². The van der Waals surface area contributed by atoms with Gasteiger partial charge in [0.25, 0.3) is 0 Å². The number of nitrogens with zero attached hydrogens (tertiary/aromatic N) is 1. The molecule has 2 amide bonds. The molecule has 0 aromatic heterocycles. The Kier molecular flexibility index (Phi) is 7.85. The number of hydrogen-bond donors (Lipinski definition) is 2. The second-order valence-corrected chi connectivity index (χ2v) is 8.24. The number of nitrogens with one attached hydrogen (secondary N) is 1. The van der Waals surface area contributed by atoms with Crippen LogP contribution in [0.2, 0.25) is 0 Å². The molecule has 2 aliphatic rings. The van der Waals surface area contributed by atoms with Crippen LogP contribution in [0.4, 0.5) is 0 Å². The molecular formula is C24H32N2O5. The maximum atomic E-state index is 13.4. The molecule has 5 atom stereocenters. The second-order valence-electron chi connectivity index (χ2n) is 8.24. The van der Waals surface area contributed by atoms with Crippen molar-refractivity contribution in [2.45, 2.75) is 39.3 Å². The van der Waals surface area contributed by atoms with E-state index in [-0.39, 0.29) is 42.8 Å². The Morgan fingerprint density at radius 2 is 1.90 bits per heavy atom. The molecule has 1 aliphatic heterocycles. The fraction of sp³-hybridized carbons (Fsp3) is 0.542. The Morgan fingerprint density at radius 3 is 2.58 bits per heavy atom. The van der Waals surface area contributed by atoms with E-state index in [9.17, 15) is 14.4 Å².